The average molecular weight is 264 g/mol. The molecule has 0 unspecified atom stereocenters. The zero-order chi connectivity index (χ0) is 12.7. The maximum atomic E-state index is 5.62. The molecule has 0 bridgehead atoms. The number of anilines is 1. The molecule has 0 aliphatic rings. The van der Waals surface area contributed by atoms with Gasteiger partial charge in [-0.3, -0.25) is 0 Å². The Labute approximate surface area is 110 Å². The van der Waals surface area contributed by atoms with Crippen LogP contribution in [0.5, 0.6) is 0 Å². The molecule has 90 valence electrons. The predicted molar refractivity (Wildman–Crippen MR) is 80.8 cm³/mol. The minimum absolute atomic E-state index is 0.781. The second-order valence-corrected chi connectivity index (χ2v) is 5.64. The highest BCUT2D eigenvalue weighted by Crippen LogP contribution is 2.36. The Morgan fingerprint density at radius 3 is 2.47 bits per heavy atom. The largest absolute Gasteiger partial charge is 0.399 e. The number of benzene rings is 1. The van der Waals surface area contributed by atoms with Crippen LogP contribution in [-0.4, -0.2) is 7.05 Å². The molecule has 0 aromatic heterocycles. The van der Waals surface area contributed by atoms with E-state index in [9.17, 15) is 0 Å². The van der Waals surface area contributed by atoms with Crippen LogP contribution in [0, 0.1) is 0 Å². The number of hydrogen-bond acceptors (Lipinski definition) is 4. The number of rotatable bonds is 6. The molecular formula is C13H16N2S2. The molecule has 1 rings (SSSR count). The van der Waals surface area contributed by atoms with Gasteiger partial charge in [-0.15, -0.1) is 0 Å². The summed E-state index contributed by atoms with van der Waals surface area (Å²) in [6.45, 7) is 7.76. The highest BCUT2D eigenvalue weighted by molar-refractivity contribution is 8.78. The van der Waals surface area contributed by atoms with Crippen LogP contribution in [0.3, 0.4) is 0 Å². The number of likely N-dealkylation sites (N-methyl/N-ethyl adjacent to an activating group) is 1. The molecule has 0 amide bonds. The lowest BCUT2D eigenvalue weighted by Gasteiger charge is -2.01. The van der Waals surface area contributed by atoms with E-state index in [1.165, 1.54) is 0 Å². The minimum atomic E-state index is 0.781. The van der Waals surface area contributed by atoms with Crippen LogP contribution in [-0.2, 0) is 0 Å². The topological polar surface area (TPSA) is 38.0 Å². The van der Waals surface area contributed by atoms with Crippen molar-refractivity contribution >= 4 is 27.3 Å². The van der Waals surface area contributed by atoms with Crippen molar-refractivity contribution in [1.29, 1.82) is 0 Å². The van der Waals surface area contributed by atoms with Gasteiger partial charge in [-0.25, -0.2) is 0 Å². The SMILES string of the molecule is C=C(/C=C\C(=C)SSc1ccc(N)cc1)NC. The highest BCUT2D eigenvalue weighted by atomic mass is 33.1. The standard InChI is InChI=1S/C13H16N2S2/c1-10(15-3)4-5-11(2)16-17-13-8-6-12(14)7-9-13/h4-9,15H,1-2,14H2,3H3/b5-4-. The van der Waals surface area contributed by atoms with Crippen LogP contribution in [0.15, 0.2) is 65.1 Å². The second-order valence-electron chi connectivity index (χ2n) is 3.31. The van der Waals surface area contributed by atoms with E-state index in [0.29, 0.717) is 0 Å². The smallest absolute Gasteiger partial charge is 0.0314 e. The van der Waals surface area contributed by atoms with E-state index in [2.05, 4.69) is 18.5 Å². The normalized spacial score (nSPS) is 10.4. The van der Waals surface area contributed by atoms with Gasteiger partial charge in [0.1, 0.15) is 0 Å². The Kier molecular flexibility index (Phi) is 5.80. The summed E-state index contributed by atoms with van der Waals surface area (Å²) in [5.74, 6) is 0. The van der Waals surface area contributed by atoms with Gasteiger partial charge < -0.3 is 11.1 Å². The summed E-state index contributed by atoms with van der Waals surface area (Å²) >= 11 is 0. The molecule has 0 radical (unpaired) electrons. The lowest BCUT2D eigenvalue weighted by molar-refractivity contribution is 1.04. The molecule has 2 nitrogen and oxygen atoms in total. The number of nitrogens with one attached hydrogen (secondary N) is 1. The molecule has 1 aromatic carbocycles. The second kappa shape index (κ2) is 7.14. The van der Waals surface area contributed by atoms with Gasteiger partial charge in [-0.1, -0.05) is 34.7 Å². The van der Waals surface area contributed by atoms with Gasteiger partial charge in [-0.05, 0) is 36.4 Å². The Hall–Kier alpha value is -1.26. The van der Waals surface area contributed by atoms with Gasteiger partial charge in [0.25, 0.3) is 0 Å². The minimum Gasteiger partial charge on any atom is -0.399 e. The monoisotopic (exact) mass is 264 g/mol. The first kappa shape index (κ1) is 13.8. The lowest BCUT2D eigenvalue weighted by Crippen LogP contribution is -2.00. The molecule has 0 saturated carbocycles. The van der Waals surface area contributed by atoms with E-state index in [0.717, 1.165) is 21.2 Å². The molecule has 3 N–H and O–H groups in total. The van der Waals surface area contributed by atoms with Crippen molar-refractivity contribution in [1.82, 2.24) is 5.32 Å². The first-order valence-electron chi connectivity index (χ1n) is 5.05. The van der Waals surface area contributed by atoms with Gasteiger partial charge in [-0.2, -0.15) is 0 Å². The van der Waals surface area contributed by atoms with Crippen molar-refractivity contribution in [2.75, 3.05) is 12.8 Å². The molecule has 0 spiro atoms. The molecule has 0 fully saturated rings. The van der Waals surface area contributed by atoms with Crippen LogP contribution in [0.1, 0.15) is 0 Å². The van der Waals surface area contributed by atoms with Crippen LogP contribution < -0.4 is 11.1 Å². The van der Waals surface area contributed by atoms with Crippen LogP contribution in [0.4, 0.5) is 5.69 Å². The first-order chi connectivity index (χ1) is 8.11. The Morgan fingerprint density at radius 1 is 1.24 bits per heavy atom. The van der Waals surface area contributed by atoms with Crippen LogP contribution in [0.25, 0.3) is 0 Å². The first-order valence-corrected chi connectivity index (χ1v) is 7.20. The van der Waals surface area contributed by atoms with Crippen LogP contribution >= 0.6 is 21.6 Å². The molecular weight excluding hydrogens is 248 g/mol. The van der Waals surface area contributed by atoms with Crippen molar-refractivity contribution in [2.24, 2.45) is 0 Å². The quantitative estimate of drug-likeness (QED) is 0.465. The fraction of sp³-hybridized carbons (Fsp3) is 0.0769. The molecule has 17 heavy (non-hydrogen) atoms. The van der Waals surface area contributed by atoms with Gasteiger partial charge in [0, 0.05) is 28.2 Å². The Balaban J connectivity index is 2.40. The lowest BCUT2D eigenvalue weighted by atomic mass is 10.3. The predicted octanol–water partition coefficient (Wildman–Crippen LogP) is 3.81. The van der Waals surface area contributed by atoms with E-state index >= 15 is 0 Å². The van der Waals surface area contributed by atoms with E-state index in [1.54, 1.807) is 21.6 Å². The van der Waals surface area contributed by atoms with E-state index < -0.39 is 0 Å². The van der Waals surface area contributed by atoms with Gasteiger partial charge >= 0.3 is 0 Å². The Morgan fingerprint density at radius 2 is 1.88 bits per heavy atom. The number of nitrogen functional groups attached to an aromatic ring is 1. The zero-order valence-corrected chi connectivity index (χ0v) is 11.4. The number of hydrogen-bond donors (Lipinski definition) is 2. The summed E-state index contributed by atoms with van der Waals surface area (Å²) in [5.41, 5.74) is 7.26. The van der Waals surface area contributed by atoms with Crippen molar-refractivity contribution in [2.45, 2.75) is 4.90 Å². The van der Waals surface area contributed by atoms with Crippen LogP contribution in [0.2, 0.25) is 0 Å². The molecule has 0 atom stereocenters. The number of allylic oxidation sites excluding steroid dienone is 2. The Bertz CT molecular complexity index is 422. The van der Waals surface area contributed by atoms with Crippen molar-refractivity contribution in [3.8, 4) is 0 Å². The fourth-order valence-corrected chi connectivity index (χ4v) is 2.61. The zero-order valence-electron chi connectivity index (χ0n) is 9.77. The molecule has 0 aliphatic heterocycles. The van der Waals surface area contributed by atoms with Gasteiger partial charge in [0.05, 0.1) is 0 Å². The van der Waals surface area contributed by atoms with E-state index in [-0.39, 0.29) is 0 Å². The highest BCUT2D eigenvalue weighted by Gasteiger charge is 1.96. The maximum absolute atomic E-state index is 5.62. The number of nitrogens with two attached hydrogens (primary N) is 1. The van der Waals surface area contributed by atoms with Gasteiger partial charge in [0.15, 0.2) is 0 Å². The summed E-state index contributed by atoms with van der Waals surface area (Å²) in [4.78, 5) is 2.13. The summed E-state index contributed by atoms with van der Waals surface area (Å²) in [5, 5.41) is 2.95. The third-order valence-corrected chi connectivity index (χ3v) is 4.28. The summed E-state index contributed by atoms with van der Waals surface area (Å²) in [7, 11) is 5.11. The summed E-state index contributed by atoms with van der Waals surface area (Å²) in [6.07, 6.45) is 3.84. The third kappa shape index (κ3) is 5.56. The summed E-state index contributed by atoms with van der Waals surface area (Å²) in [6, 6.07) is 7.78. The molecule has 0 heterocycles. The van der Waals surface area contributed by atoms with Crippen molar-refractivity contribution in [3.63, 3.8) is 0 Å². The van der Waals surface area contributed by atoms with Gasteiger partial charge in [0.2, 0.25) is 0 Å². The molecule has 4 heteroatoms. The van der Waals surface area contributed by atoms with E-state index in [1.807, 2.05) is 43.5 Å². The fourth-order valence-electron chi connectivity index (χ4n) is 0.930. The van der Waals surface area contributed by atoms with Crippen molar-refractivity contribution in [3.05, 3.63) is 60.2 Å². The maximum Gasteiger partial charge on any atom is 0.0314 e. The summed E-state index contributed by atoms with van der Waals surface area (Å²) < 4.78 is 0. The van der Waals surface area contributed by atoms with Crippen molar-refractivity contribution < 1.29 is 0 Å². The average Bonchev–Trinajstić information content (AvgIpc) is 2.35. The third-order valence-electron chi connectivity index (χ3n) is 1.92. The molecule has 0 saturated heterocycles. The van der Waals surface area contributed by atoms with E-state index in [4.69, 9.17) is 5.73 Å². The molecule has 0 aliphatic carbocycles. The molecule has 1 aromatic rings.